The summed E-state index contributed by atoms with van der Waals surface area (Å²) in [5, 5.41) is 31.0. The van der Waals surface area contributed by atoms with E-state index >= 15 is 0 Å². The second kappa shape index (κ2) is 11.1. The molecule has 0 bridgehead atoms. The van der Waals surface area contributed by atoms with Gasteiger partial charge in [-0.1, -0.05) is 6.58 Å². The second-order valence-electron chi connectivity index (χ2n) is 5.64. The first-order valence-electron chi connectivity index (χ1n) is 7.91. The molecule has 1 saturated heterocycles. The molecular formula is C15H26N2O8. The maximum absolute atomic E-state index is 10.9. The van der Waals surface area contributed by atoms with Gasteiger partial charge in [0.05, 0.1) is 32.0 Å². The van der Waals surface area contributed by atoms with Gasteiger partial charge in [0, 0.05) is 25.1 Å². The number of aldehydes is 1. The monoisotopic (exact) mass is 362 g/mol. The summed E-state index contributed by atoms with van der Waals surface area (Å²) in [6.45, 7) is 4.82. The van der Waals surface area contributed by atoms with Crippen molar-refractivity contribution in [1.82, 2.24) is 5.32 Å². The first-order valence-corrected chi connectivity index (χ1v) is 7.91. The molecule has 144 valence electrons. The van der Waals surface area contributed by atoms with Gasteiger partial charge in [-0.25, -0.2) is 4.79 Å². The van der Waals surface area contributed by atoms with Crippen LogP contribution in [0.3, 0.4) is 0 Å². The predicted molar refractivity (Wildman–Crippen MR) is 85.5 cm³/mol. The molecule has 10 nitrogen and oxygen atoms in total. The summed E-state index contributed by atoms with van der Waals surface area (Å²) in [4.78, 5) is 21.3. The van der Waals surface area contributed by atoms with Gasteiger partial charge in [0.15, 0.2) is 12.4 Å². The molecule has 1 aliphatic rings. The van der Waals surface area contributed by atoms with E-state index in [4.69, 9.17) is 25.1 Å². The molecule has 25 heavy (non-hydrogen) atoms. The zero-order valence-electron chi connectivity index (χ0n) is 13.9. The fraction of sp³-hybridized carbons (Fsp3) is 0.733. The standard InChI is InChI=1S/C15H26N2O8/c1-9(17-7-10(16)8-18)2-3-23-4-5-24-12-6-11(19)13(20)14(25-12)15(21)22/h8,10-14,17,19-20H,1-7,16H2,(H,21,22)/t10-,11+,12?,13?,14?/m0/s1. The zero-order valence-corrected chi connectivity index (χ0v) is 13.9. The van der Waals surface area contributed by atoms with E-state index in [-0.39, 0.29) is 19.6 Å². The van der Waals surface area contributed by atoms with Gasteiger partial charge in [-0.15, -0.1) is 0 Å². The lowest BCUT2D eigenvalue weighted by Crippen LogP contribution is -2.52. The van der Waals surface area contributed by atoms with E-state index in [2.05, 4.69) is 11.9 Å². The minimum absolute atomic E-state index is 0.0251. The third-order valence-corrected chi connectivity index (χ3v) is 3.52. The summed E-state index contributed by atoms with van der Waals surface area (Å²) < 4.78 is 15.7. The van der Waals surface area contributed by atoms with E-state index in [0.29, 0.717) is 31.6 Å². The van der Waals surface area contributed by atoms with Crippen LogP contribution in [0.1, 0.15) is 12.8 Å². The molecule has 0 aromatic heterocycles. The van der Waals surface area contributed by atoms with Crippen LogP contribution in [-0.4, -0.2) is 84.6 Å². The largest absolute Gasteiger partial charge is 0.479 e. The maximum Gasteiger partial charge on any atom is 0.335 e. The fourth-order valence-corrected chi connectivity index (χ4v) is 2.08. The Labute approximate surface area is 145 Å². The van der Waals surface area contributed by atoms with Crippen LogP contribution >= 0.6 is 0 Å². The van der Waals surface area contributed by atoms with Gasteiger partial charge in [0.2, 0.25) is 0 Å². The van der Waals surface area contributed by atoms with Crippen molar-refractivity contribution in [2.45, 2.75) is 43.5 Å². The van der Waals surface area contributed by atoms with Crippen LogP contribution in [0.2, 0.25) is 0 Å². The minimum Gasteiger partial charge on any atom is -0.479 e. The highest BCUT2D eigenvalue weighted by Gasteiger charge is 2.41. The van der Waals surface area contributed by atoms with Crippen molar-refractivity contribution < 1.29 is 39.1 Å². The van der Waals surface area contributed by atoms with Crippen molar-refractivity contribution in [3.8, 4) is 0 Å². The van der Waals surface area contributed by atoms with Crippen LogP contribution in [-0.2, 0) is 23.8 Å². The molecule has 1 rings (SSSR count). The summed E-state index contributed by atoms with van der Waals surface area (Å²) in [5.41, 5.74) is 6.12. The topological polar surface area (TPSA) is 161 Å². The molecule has 1 aliphatic heterocycles. The highest BCUT2D eigenvalue weighted by molar-refractivity contribution is 5.73. The number of aliphatic hydroxyl groups excluding tert-OH is 2. The highest BCUT2D eigenvalue weighted by Crippen LogP contribution is 2.21. The van der Waals surface area contributed by atoms with E-state index in [9.17, 15) is 19.8 Å². The lowest BCUT2D eigenvalue weighted by molar-refractivity contribution is -0.253. The molecule has 5 atom stereocenters. The number of carboxylic acids is 1. The van der Waals surface area contributed by atoms with Gasteiger partial charge >= 0.3 is 5.97 Å². The van der Waals surface area contributed by atoms with Crippen LogP contribution in [0.4, 0.5) is 0 Å². The Morgan fingerprint density at radius 2 is 2.12 bits per heavy atom. The Kier molecular flexibility index (Phi) is 9.57. The van der Waals surface area contributed by atoms with Crippen molar-refractivity contribution in [3.63, 3.8) is 0 Å². The van der Waals surface area contributed by atoms with Gasteiger partial charge in [-0.2, -0.15) is 0 Å². The lowest BCUT2D eigenvalue weighted by Gasteiger charge is -2.34. The molecule has 0 saturated carbocycles. The highest BCUT2D eigenvalue weighted by atomic mass is 16.7. The number of carbonyl (C=O) groups is 2. The average molecular weight is 362 g/mol. The quantitative estimate of drug-likeness (QED) is 0.193. The van der Waals surface area contributed by atoms with Crippen molar-refractivity contribution in [2.75, 3.05) is 26.4 Å². The average Bonchev–Trinajstić information content (AvgIpc) is 2.58. The molecule has 0 aromatic carbocycles. The van der Waals surface area contributed by atoms with Crippen molar-refractivity contribution >= 4 is 12.3 Å². The number of nitrogens with one attached hydrogen (secondary N) is 1. The molecule has 0 amide bonds. The van der Waals surface area contributed by atoms with Crippen LogP contribution in [0.25, 0.3) is 0 Å². The third-order valence-electron chi connectivity index (χ3n) is 3.52. The third kappa shape index (κ3) is 7.90. The first-order chi connectivity index (χ1) is 11.8. The Morgan fingerprint density at radius 3 is 2.76 bits per heavy atom. The number of nitrogens with two attached hydrogens (primary N) is 1. The van der Waals surface area contributed by atoms with E-state index in [0.717, 1.165) is 0 Å². The normalized spacial score (nSPS) is 27.5. The molecular weight excluding hydrogens is 336 g/mol. The van der Waals surface area contributed by atoms with Crippen LogP contribution in [0.15, 0.2) is 12.3 Å². The van der Waals surface area contributed by atoms with Crippen LogP contribution in [0.5, 0.6) is 0 Å². The zero-order chi connectivity index (χ0) is 18.8. The molecule has 6 N–H and O–H groups in total. The number of hydrogen-bond donors (Lipinski definition) is 5. The van der Waals surface area contributed by atoms with Gasteiger partial charge in [-0.3, -0.25) is 0 Å². The Hall–Kier alpha value is -1.56. The summed E-state index contributed by atoms with van der Waals surface area (Å²) >= 11 is 0. The smallest absolute Gasteiger partial charge is 0.335 e. The number of carbonyl (C=O) groups excluding carboxylic acids is 1. The van der Waals surface area contributed by atoms with E-state index in [1.165, 1.54) is 0 Å². The van der Waals surface area contributed by atoms with Gasteiger partial charge < -0.3 is 45.4 Å². The van der Waals surface area contributed by atoms with Gasteiger partial charge in [0.25, 0.3) is 0 Å². The molecule has 1 heterocycles. The number of hydrogen-bond acceptors (Lipinski definition) is 9. The summed E-state index contributed by atoms with van der Waals surface area (Å²) in [5.74, 6) is -1.36. The fourth-order valence-electron chi connectivity index (χ4n) is 2.08. The Morgan fingerprint density at radius 1 is 1.40 bits per heavy atom. The predicted octanol–water partition coefficient (Wildman–Crippen LogP) is -2.04. The number of aliphatic hydroxyl groups is 2. The van der Waals surface area contributed by atoms with Crippen LogP contribution < -0.4 is 11.1 Å². The van der Waals surface area contributed by atoms with E-state index < -0.39 is 36.6 Å². The Bertz CT molecular complexity index is 447. The van der Waals surface area contributed by atoms with Crippen molar-refractivity contribution in [1.29, 1.82) is 0 Å². The molecule has 3 unspecified atom stereocenters. The Balaban J connectivity index is 2.12. The lowest BCUT2D eigenvalue weighted by atomic mass is 10.0. The molecule has 0 radical (unpaired) electrons. The van der Waals surface area contributed by atoms with Crippen molar-refractivity contribution in [3.05, 3.63) is 12.3 Å². The molecule has 0 aliphatic carbocycles. The molecule has 0 aromatic rings. The minimum atomic E-state index is -1.53. The molecule has 1 fully saturated rings. The van der Waals surface area contributed by atoms with E-state index in [1.54, 1.807) is 0 Å². The van der Waals surface area contributed by atoms with Crippen LogP contribution in [0, 0.1) is 0 Å². The molecule has 10 heteroatoms. The summed E-state index contributed by atoms with van der Waals surface area (Å²) in [6.07, 6.45) is -4.02. The van der Waals surface area contributed by atoms with E-state index in [1.807, 2.05) is 0 Å². The second-order valence-corrected chi connectivity index (χ2v) is 5.64. The number of aliphatic carboxylic acids is 1. The number of ether oxygens (including phenoxy) is 3. The van der Waals surface area contributed by atoms with Gasteiger partial charge in [-0.05, 0) is 0 Å². The summed E-state index contributed by atoms with van der Waals surface area (Å²) in [6, 6.07) is -0.579. The number of rotatable bonds is 12. The molecule has 0 spiro atoms. The maximum atomic E-state index is 10.9. The summed E-state index contributed by atoms with van der Waals surface area (Å²) in [7, 11) is 0. The number of carboxylic acid groups (broad SMARTS) is 1. The van der Waals surface area contributed by atoms with Crippen molar-refractivity contribution in [2.24, 2.45) is 5.73 Å². The SMILES string of the molecule is C=C(CCOCCOC1C[C@@H](O)C(O)C(C(=O)O)O1)NC[C@H](N)C=O. The van der Waals surface area contributed by atoms with Gasteiger partial charge in [0.1, 0.15) is 12.4 Å². The first kappa shape index (κ1) is 21.5.